The van der Waals surface area contributed by atoms with Crippen molar-refractivity contribution in [2.45, 2.75) is 18.4 Å². The van der Waals surface area contributed by atoms with Crippen molar-refractivity contribution in [2.24, 2.45) is 0 Å². The number of rotatable bonds is 5. The number of thiazole rings is 1. The van der Waals surface area contributed by atoms with E-state index in [4.69, 9.17) is 4.74 Å². The Morgan fingerprint density at radius 1 is 1.16 bits per heavy atom. The first kappa shape index (κ1) is 21.3. The summed E-state index contributed by atoms with van der Waals surface area (Å²) in [4.78, 5) is 2.45. The Bertz CT molecular complexity index is 1490. The molecule has 1 aromatic heterocycles. The Morgan fingerprint density at radius 2 is 1.97 bits per heavy atom. The molecule has 0 saturated heterocycles. The summed E-state index contributed by atoms with van der Waals surface area (Å²) >= 11 is 3.10. The number of ether oxygens (including phenoxy) is 1. The van der Waals surface area contributed by atoms with Crippen molar-refractivity contribution in [3.05, 3.63) is 64.6 Å². The number of aryl methyl sites for hydroxylation is 1. The quantitative estimate of drug-likeness (QED) is 0.300. The van der Waals surface area contributed by atoms with Crippen molar-refractivity contribution >= 4 is 66.0 Å². The average Bonchev–Trinajstić information content (AvgIpc) is 3.30. The van der Waals surface area contributed by atoms with Crippen LogP contribution in [0.1, 0.15) is 11.9 Å². The van der Waals surface area contributed by atoms with E-state index in [-0.39, 0.29) is 0 Å². The van der Waals surface area contributed by atoms with Crippen LogP contribution in [0.2, 0.25) is 0 Å². The number of thioether (sulfide) groups is 1. The molecule has 5 rings (SSSR count). The summed E-state index contributed by atoms with van der Waals surface area (Å²) in [5.41, 5.74) is 1.82. The maximum Gasteiger partial charge on any atom is 0.265 e. The Balaban J connectivity index is 1.68. The van der Waals surface area contributed by atoms with Gasteiger partial charge in [0.15, 0.2) is 0 Å². The monoisotopic (exact) mass is 484 g/mol. The van der Waals surface area contributed by atoms with Crippen molar-refractivity contribution in [2.75, 3.05) is 17.9 Å². The summed E-state index contributed by atoms with van der Waals surface area (Å²) in [6.07, 6.45) is 1.98. The van der Waals surface area contributed by atoms with Crippen LogP contribution < -0.4 is 14.2 Å². The molecule has 0 atom stereocenters. The van der Waals surface area contributed by atoms with E-state index in [2.05, 4.69) is 35.8 Å². The zero-order chi connectivity index (χ0) is 22.5. The first-order valence-electron chi connectivity index (χ1n) is 10.0. The van der Waals surface area contributed by atoms with Gasteiger partial charge in [0.25, 0.3) is 5.01 Å². The largest absolute Gasteiger partial charge is 0.747 e. The van der Waals surface area contributed by atoms with Crippen LogP contribution in [0, 0.1) is 0 Å². The zero-order valence-electron chi connectivity index (χ0n) is 17.4. The number of nitrogens with zero attached hydrogens (tertiary/aromatic N) is 2. The van der Waals surface area contributed by atoms with Crippen LogP contribution in [0.3, 0.4) is 0 Å². The minimum Gasteiger partial charge on any atom is -0.747 e. The van der Waals surface area contributed by atoms with Gasteiger partial charge >= 0.3 is 0 Å². The molecular weight excluding hydrogens is 464 g/mol. The van der Waals surface area contributed by atoms with E-state index in [1.165, 1.54) is 22.5 Å². The lowest BCUT2D eigenvalue weighted by molar-refractivity contribution is -0.664. The molecule has 0 unspecified atom stereocenters. The van der Waals surface area contributed by atoms with E-state index >= 15 is 0 Å². The predicted molar refractivity (Wildman–Crippen MR) is 129 cm³/mol. The number of aromatic nitrogens is 1. The molecule has 0 amide bonds. The fourth-order valence-electron chi connectivity index (χ4n) is 4.01. The average molecular weight is 485 g/mol. The molecule has 0 fully saturated rings. The number of fused-ring (bicyclic) bond motifs is 4. The number of anilines is 1. The smallest absolute Gasteiger partial charge is 0.265 e. The summed E-state index contributed by atoms with van der Waals surface area (Å²) in [6, 6.07) is 18.0. The van der Waals surface area contributed by atoms with Crippen molar-refractivity contribution in [3.63, 3.8) is 0 Å². The molecule has 164 valence electrons. The topological polar surface area (TPSA) is 73.5 Å². The molecule has 0 bridgehead atoms. The lowest BCUT2D eigenvalue weighted by Crippen LogP contribution is -2.34. The molecule has 3 aromatic carbocycles. The molecule has 0 N–H and O–H groups in total. The summed E-state index contributed by atoms with van der Waals surface area (Å²) in [5, 5.41) is 4.05. The summed E-state index contributed by atoms with van der Waals surface area (Å²) in [5.74, 6) is -0.0257. The first-order chi connectivity index (χ1) is 15.4. The Labute approximate surface area is 194 Å². The third kappa shape index (κ3) is 3.75. The molecule has 6 nitrogen and oxygen atoms in total. The second-order valence-electron chi connectivity index (χ2n) is 7.35. The van der Waals surface area contributed by atoms with Crippen LogP contribution in [-0.2, 0) is 16.7 Å². The van der Waals surface area contributed by atoms with Crippen molar-refractivity contribution < 1.29 is 22.3 Å². The molecule has 0 spiro atoms. The third-order valence-electron chi connectivity index (χ3n) is 5.40. The predicted octanol–water partition coefficient (Wildman–Crippen LogP) is 4.78. The standard InChI is InChI=1S/C23H20N2O4S3/c1-3-24-21(31-20-10-8-15-6-4-5-7-17(15)23(20)24)13-22-25(14-32(26,27)28)18-12-16(29-2)9-11-19(18)30-22/h4-13H,3,14H2,1-2H3. The lowest BCUT2D eigenvalue weighted by atomic mass is 10.1. The van der Waals surface area contributed by atoms with E-state index in [0.29, 0.717) is 16.5 Å². The SMILES string of the molecule is CC[n+]1c(C=C2Sc3ccc(OC)cc3N2CS(=O)(=O)[O-])sc2ccc3ccccc3c21. The van der Waals surface area contributed by atoms with E-state index in [1.54, 1.807) is 29.4 Å². The molecule has 1 aliphatic heterocycles. The minimum absolute atomic E-state index is 0.607. The molecule has 9 heteroatoms. The van der Waals surface area contributed by atoms with Crippen LogP contribution >= 0.6 is 23.1 Å². The highest BCUT2D eigenvalue weighted by atomic mass is 32.2. The van der Waals surface area contributed by atoms with Gasteiger partial charge in [0.05, 0.1) is 29.3 Å². The van der Waals surface area contributed by atoms with Crippen molar-refractivity contribution in [1.29, 1.82) is 0 Å². The number of benzene rings is 3. The number of hydrogen-bond donors (Lipinski definition) is 0. The highest BCUT2D eigenvalue weighted by molar-refractivity contribution is 8.04. The molecule has 32 heavy (non-hydrogen) atoms. The van der Waals surface area contributed by atoms with Crippen LogP contribution in [0.15, 0.2) is 64.5 Å². The number of methoxy groups -OCH3 is 1. The molecule has 1 aliphatic rings. The van der Waals surface area contributed by atoms with Gasteiger partial charge in [-0.1, -0.05) is 47.4 Å². The summed E-state index contributed by atoms with van der Waals surface area (Å²) in [6.45, 7) is 2.86. The third-order valence-corrected chi connectivity index (χ3v) is 8.19. The van der Waals surface area contributed by atoms with Crippen LogP contribution in [0.25, 0.3) is 27.1 Å². The molecular formula is C23H20N2O4S3. The van der Waals surface area contributed by atoms with Gasteiger partial charge in [-0.2, -0.15) is 4.57 Å². The highest BCUT2D eigenvalue weighted by Gasteiger charge is 2.29. The van der Waals surface area contributed by atoms with Gasteiger partial charge in [-0.3, -0.25) is 0 Å². The number of hydrogen-bond acceptors (Lipinski definition) is 7. The molecule has 2 heterocycles. The van der Waals surface area contributed by atoms with Crippen molar-refractivity contribution in [1.82, 2.24) is 0 Å². The fraction of sp³-hybridized carbons (Fsp3) is 0.174. The fourth-order valence-corrected chi connectivity index (χ4v) is 7.02. The minimum atomic E-state index is -4.49. The molecule has 4 aromatic rings. The van der Waals surface area contributed by atoms with Gasteiger partial charge in [0.2, 0.25) is 5.52 Å². The second-order valence-corrected chi connectivity index (χ2v) is 10.8. The highest BCUT2D eigenvalue weighted by Crippen LogP contribution is 2.48. The van der Waals surface area contributed by atoms with E-state index in [0.717, 1.165) is 26.7 Å². The van der Waals surface area contributed by atoms with E-state index < -0.39 is 16.0 Å². The summed E-state index contributed by atoms with van der Waals surface area (Å²) in [7, 11) is -2.93. The van der Waals surface area contributed by atoms with Gasteiger partial charge in [-0.25, -0.2) is 8.42 Å². The Kier molecular flexibility index (Phi) is 5.37. The van der Waals surface area contributed by atoms with Gasteiger partial charge in [0, 0.05) is 11.0 Å². The normalized spacial score (nSPS) is 15.1. The van der Waals surface area contributed by atoms with Gasteiger partial charge in [-0.15, -0.1) is 0 Å². The van der Waals surface area contributed by atoms with Crippen LogP contribution in [0.5, 0.6) is 5.75 Å². The van der Waals surface area contributed by atoms with Gasteiger partial charge in [-0.05, 0) is 36.6 Å². The Hall–Kier alpha value is -2.59. The molecule has 0 radical (unpaired) electrons. The zero-order valence-corrected chi connectivity index (χ0v) is 19.9. The van der Waals surface area contributed by atoms with Crippen LogP contribution in [-0.4, -0.2) is 26.0 Å². The van der Waals surface area contributed by atoms with E-state index in [9.17, 15) is 13.0 Å². The van der Waals surface area contributed by atoms with E-state index in [1.807, 2.05) is 30.3 Å². The van der Waals surface area contributed by atoms with Gasteiger partial charge in [0.1, 0.15) is 33.0 Å². The van der Waals surface area contributed by atoms with Crippen LogP contribution in [0.4, 0.5) is 5.69 Å². The maximum atomic E-state index is 11.7. The first-order valence-corrected chi connectivity index (χ1v) is 13.2. The summed E-state index contributed by atoms with van der Waals surface area (Å²) < 4.78 is 43.8. The molecule has 0 saturated carbocycles. The van der Waals surface area contributed by atoms with Gasteiger partial charge < -0.3 is 14.2 Å². The second kappa shape index (κ2) is 8.08. The maximum absolute atomic E-state index is 11.7. The van der Waals surface area contributed by atoms with Crippen molar-refractivity contribution in [3.8, 4) is 5.75 Å². The Morgan fingerprint density at radius 3 is 2.72 bits per heavy atom. The molecule has 0 aliphatic carbocycles. The lowest BCUT2D eigenvalue weighted by Gasteiger charge is -2.22.